The molecular formula is C21H19N5O4. The highest BCUT2D eigenvalue weighted by molar-refractivity contribution is 6.04. The van der Waals surface area contributed by atoms with Crippen molar-refractivity contribution in [2.24, 2.45) is 0 Å². The fraction of sp³-hybridized carbons (Fsp3) is 0.190. The maximum Gasteiger partial charge on any atom is 0.270 e. The van der Waals surface area contributed by atoms with Gasteiger partial charge in [0.1, 0.15) is 0 Å². The minimum Gasteiger partial charge on any atom is -0.378 e. The molecule has 1 amide bonds. The molecule has 152 valence electrons. The maximum atomic E-state index is 12.4. The predicted octanol–water partition coefficient (Wildman–Crippen LogP) is 3.14. The van der Waals surface area contributed by atoms with Crippen molar-refractivity contribution < 1.29 is 14.5 Å². The quantitative estimate of drug-likeness (QED) is 0.513. The molecule has 2 heterocycles. The molecule has 30 heavy (non-hydrogen) atoms. The SMILES string of the molecule is O=C(Nc1ccc(-c2ccc(N3CCOCC3)nn2)cc1)c1cccc([N+](=O)[O-])c1. The molecule has 9 nitrogen and oxygen atoms in total. The van der Waals surface area contributed by atoms with E-state index in [1.165, 1.54) is 24.3 Å². The van der Waals surface area contributed by atoms with Crippen LogP contribution >= 0.6 is 0 Å². The maximum absolute atomic E-state index is 12.4. The van der Waals surface area contributed by atoms with Gasteiger partial charge in [0.15, 0.2) is 5.82 Å². The Morgan fingerprint density at radius 2 is 1.80 bits per heavy atom. The molecule has 1 N–H and O–H groups in total. The summed E-state index contributed by atoms with van der Waals surface area (Å²) >= 11 is 0. The van der Waals surface area contributed by atoms with Gasteiger partial charge in [0, 0.05) is 42.0 Å². The van der Waals surface area contributed by atoms with Crippen molar-refractivity contribution in [3.63, 3.8) is 0 Å². The number of benzene rings is 2. The van der Waals surface area contributed by atoms with E-state index in [9.17, 15) is 14.9 Å². The second-order valence-corrected chi connectivity index (χ2v) is 6.72. The number of amides is 1. The van der Waals surface area contributed by atoms with Gasteiger partial charge in [-0.3, -0.25) is 14.9 Å². The van der Waals surface area contributed by atoms with Gasteiger partial charge in [-0.15, -0.1) is 10.2 Å². The Hall–Kier alpha value is -3.85. The first-order chi connectivity index (χ1) is 14.6. The van der Waals surface area contributed by atoms with Crippen LogP contribution in [0.25, 0.3) is 11.3 Å². The van der Waals surface area contributed by atoms with Gasteiger partial charge in [-0.25, -0.2) is 0 Å². The Labute approximate surface area is 172 Å². The third-order valence-corrected chi connectivity index (χ3v) is 4.74. The highest BCUT2D eigenvalue weighted by Gasteiger charge is 2.14. The summed E-state index contributed by atoms with van der Waals surface area (Å²) in [5.41, 5.74) is 2.26. The van der Waals surface area contributed by atoms with E-state index in [0.717, 1.165) is 30.2 Å². The number of hydrogen-bond acceptors (Lipinski definition) is 7. The number of morpholine rings is 1. The molecule has 1 saturated heterocycles. The van der Waals surface area contributed by atoms with Crippen molar-refractivity contribution in [2.75, 3.05) is 36.5 Å². The molecule has 0 aliphatic carbocycles. The standard InChI is InChI=1S/C21H19N5O4/c27-21(16-2-1-3-18(14-16)26(28)29)22-17-6-4-15(5-7-17)19-8-9-20(24-23-19)25-10-12-30-13-11-25/h1-9,14H,10-13H2,(H,22,27). The summed E-state index contributed by atoms with van der Waals surface area (Å²) in [6.45, 7) is 2.97. The van der Waals surface area contributed by atoms with Gasteiger partial charge < -0.3 is 15.0 Å². The first kappa shape index (κ1) is 19.5. The fourth-order valence-electron chi connectivity index (χ4n) is 3.13. The number of nitro groups is 1. The highest BCUT2D eigenvalue weighted by Crippen LogP contribution is 2.22. The van der Waals surface area contributed by atoms with Crippen LogP contribution < -0.4 is 10.2 Å². The van der Waals surface area contributed by atoms with E-state index in [-0.39, 0.29) is 11.3 Å². The first-order valence-corrected chi connectivity index (χ1v) is 9.43. The van der Waals surface area contributed by atoms with Crippen molar-refractivity contribution >= 4 is 23.1 Å². The number of non-ortho nitro benzene ring substituents is 1. The number of ether oxygens (including phenoxy) is 1. The van der Waals surface area contributed by atoms with Crippen LogP contribution in [-0.2, 0) is 4.74 Å². The average molecular weight is 405 g/mol. The van der Waals surface area contributed by atoms with Crippen LogP contribution in [0, 0.1) is 10.1 Å². The molecule has 0 bridgehead atoms. The van der Waals surface area contributed by atoms with E-state index in [1.54, 1.807) is 12.1 Å². The van der Waals surface area contributed by atoms with E-state index < -0.39 is 10.8 Å². The molecule has 0 atom stereocenters. The van der Waals surface area contributed by atoms with Crippen molar-refractivity contribution in [1.29, 1.82) is 0 Å². The number of nitrogens with one attached hydrogen (secondary N) is 1. The smallest absolute Gasteiger partial charge is 0.270 e. The molecular weight excluding hydrogens is 386 g/mol. The van der Waals surface area contributed by atoms with Gasteiger partial charge >= 0.3 is 0 Å². The number of hydrogen-bond donors (Lipinski definition) is 1. The number of anilines is 2. The second kappa shape index (κ2) is 8.66. The molecule has 1 fully saturated rings. The van der Waals surface area contributed by atoms with Gasteiger partial charge in [-0.1, -0.05) is 18.2 Å². The van der Waals surface area contributed by atoms with Gasteiger partial charge in [0.05, 0.1) is 23.8 Å². The van der Waals surface area contributed by atoms with Crippen molar-refractivity contribution in [2.45, 2.75) is 0 Å². The second-order valence-electron chi connectivity index (χ2n) is 6.72. The summed E-state index contributed by atoms with van der Waals surface area (Å²) in [5, 5.41) is 22.2. The monoisotopic (exact) mass is 405 g/mol. The molecule has 1 aromatic heterocycles. The van der Waals surface area contributed by atoms with Crippen molar-refractivity contribution in [1.82, 2.24) is 10.2 Å². The lowest BCUT2D eigenvalue weighted by Gasteiger charge is -2.27. The van der Waals surface area contributed by atoms with Gasteiger partial charge in [0.25, 0.3) is 11.6 Å². The molecule has 4 rings (SSSR count). The zero-order valence-electron chi connectivity index (χ0n) is 16.0. The molecule has 3 aromatic rings. The topological polar surface area (TPSA) is 110 Å². The van der Waals surface area contributed by atoms with Crippen molar-refractivity contribution in [3.8, 4) is 11.3 Å². The zero-order chi connectivity index (χ0) is 20.9. The van der Waals surface area contributed by atoms with Crippen LogP contribution in [-0.4, -0.2) is 47.3 Å². The van der Waals surface area contributed by atoms with Crippen LogP contribution in [0.15, 0.2) is 60.7 Å². The van der Waals surface area contributed by atoms with E-state index in [4.69, 9.17) is 4.74 Å². The number of rotatable bonds is 5. The average Bonchev–Trinajstić information content (AvgIpc) is 2.80. The molecule has 0 spiro atoms. The molecule has 0 radical (unpaired) electrons. The Morgan fingerprint density at radius 1 is 1.03 bits per heavy atom. The summed E-state index contributed by atoms with van der Waals surface area (Å²) in [6, 6.07) is 16.6. The molecule has 9 heteroatoms. The van der Waals surface area contributed by atoms with Gasteiger partial charge in [0.2, 0.25) is 0 Å². The summed E-state index contributed by atoms with van der Waals surface area (Å²) in [6.07, 6.45) is 0. The number of carbonyl (C=O) groups excluding carboxylic acids is 1. The van der Waals surface area contributed by atoms with Crippen LogP contribution in [0.1, 0.15) is 10.4 Å². The Kier molecular flexibility index (Phi) is 5.62. The summed E-state index contributed by atoms with van der Waals surface area (Å²) in [5.74, 6) is 0.406. The van der Waals surface area contributed by atoms with E-state index in [0.29, 0.717) is 18.9 Å². The largest absolute Gasteiger partial charge is 0.378 e. The lowest BCUT2D eigenvalue weighted by Crippen LogP contribution is -2.36. The Morgan fingerprint density at radius 3 is 2.47 bits per heavy atom. The number of carbonyl (C=O) groups is 1. The molecule has 1 aliphatic rings. The Balaban J connectivity index is 1.43. The van der Waals surface area contributed by atoms with E-state index in [1.807, 2.05) is 24.3 Å². The Bertz CT molecular complexity index is 1050. The molecule has 2 aromatic carbocycles. The summed E-state index contributed by atoms with van der Waals surface area (Å²) in [7, 11) is 0. The summed E-state index contributed by atoms with van der Waals surface area (Å²) in [4.78, 5) is 24.8. The molecule has 0 unspecified atom stereocenters. The zero-order valence-corrected chi connectivity index (χ0v) is 16.0. The van der Waals surface area contributed by atoms with E-state index in [2.05, 4.69) is 20.4 Å². The fourth-order valence-corrected chi connectivity index (χ4v) is 3.13. The lowest BCUT2D eigenvalue weighted by atomic mass is 10.1. The lowest BCUT2D eigenvalue weighted by molar-refractivity contribution is -0.384. The third kappa shape index (κ3) is 4.41. The normalized spacial score (nSPS) is 13.7. The number of nitrogens with zero attached hydrogens (tertiary/aromatic N) is 4. The van der Waals surface area contributed by atoms with Crippen molar-refractivity contribution in [3.05, 3.63) is 76.3 Å². The van der Waals surface area contributed by atoms with Crippen LogP contribution in [0.5, 0.6) is 0 Å². The molecule has 1 aliphatic heterocycles. The number of nitro benzene ring substituents is 1. The highest BCUT2D eigenvalue weighted by atomic mass is 16.6. The van der Waals surface area contributed by atoms with Gasteiger partial charge in [-0.2, -0.15) is 0 Å². The first-order valence-electron chi connectivity index (χ1n) is 9.43. The number of aromatic nitrogens is 2. The third-order valence-electron chi connectivity index (χ3n) is 4.74. The minimum absolute atomic E-state index is 0.128. The molecule has 0 saturated carbocycles. The minimum atomic E-state index is -0.531. The summed E-state index contributed by atoms with van der Waals surface area (Å²) < 4.78 is 5.35. The van der Waals surface area contributed by atoms with Crippen LogP contribution in [0.3, 0.4) is 0 Å². The van der Waals surface area contributed by atoms with E-state index >= 15 is 0 Å². The van der Waals surface area contributed by atoms with Crippen LogP contribution in [0.2, 0.25) is 0 Å². The van der Waals surface area contributed by atoms with Gasteiger partial charge in [-0.05, 0) is 30.3 Å². The predicted molar refractivity (Wildman–Crippen MR) is 112 cm³/mol. The van der Waals surface area contributed by atoms with Crippen LogP contribution in [0.4, 0.5) is 17.2 Å².